The summed E-state index contributed by atoms with van der Waals surface area (Å²) in [6.07, 6.45) is 0.900. The quantitative estimate of drug-likeness (QED) is 0.743. The molecule has 138 valence electrons. The van der Waals surface area contributed by atoms with E-state index in [0.717, 1.165) is 37.7 Å². The smallest absolute Gasteiger partial charge is 0.185 e. The summed E-state index contributed by atoms with van der Waals surface area (Å²) in [4.78, 5) is 7.20. The second kappa shape index (κ2) is 9.69. The number of aromatic nitrogens is 1. The Kier molecular flexibility index (Phi) is 7.60. The minimum atomic E-state index is 0. The van der Waals surface area contributed by atoms with Crippen LogP contribution in [-0.4, -0.2) is 36.6 Å². The molecule has 3 N–H and O–H groups in total. The molecule has 1 aliphatic heterocycles. The van der Waals surface area contributed by atoms with E-state index in [1.807, 2.05) is 0 Å². The van der Waals surface area contributed by atoms with Gasteiger partial charge in [0.2, 0.25) is 0 Å². The van der Waals surface area contributed by atoms with Gasteiger partial charge < -0.3 is 15.7 Å². The van der Waals surface area contributed by atoms with E-state index in [1.54, 1.807) is 11.3 Å². The zero-order valence-electron chi connectivity index (χ0n) is 14.5. The summed E-state index contributed by atoms with van der Waals surface area (Å²) in [5.41, 5.74) is 5.01. The van der Waals surface area contributed by atoms with Gasteiger partial charge in [0.15, 0.2) is 5.13 Å². The average Bonchev–Trinajstić information content (AvgIpc) is 3.12. The fourth-order valence-corrected chi connectivity index (χ4v) is 3.91. The first-order chi connectivity index (χ1) is 11.9. The van der Waals surface area contributed by atoms with E-state index in [2.05, 4.69) is 70.2 Å². The molecule has 26 heavy (non-hydrogen) atoms. The van der Waals surface area contributed by atoms with Gasteiger partial charge >= 0.3 is 0 Å². The minimum absolute atomic E-state index is 0. The Bertz CT molecular complexity index is 786. The minimum Gasteiger partial charge on any atom is -0.412 e. The maximum Gasteiger partial charge on any atom is 0.185 e. The molecule has 4 rings (SSSR count). The summed E-state index contributed by atoms with van der Waals surface area (Å²) in [7, 11) is 0. The molecule has 0 bridgehead atoms. The van der Waals surface area contributed by atoms with Gasteiger partial charge in [0, 0.05) is 38.0 Å². The van der Waals surface area contributed by atoms with Gasteiger partial charge in [0.1, 0.15) is 0 Å². The second-order valence-electron chi connectivity index (χ2n) is 6.10. The Hall–Kier alpha value is -1.92. The SMILES string of the molecule is Cl.O.c1ccc(-c2ccc(Cc3csc(N4CCNCC4)n3)cc2)cc1. The third-order valence-corrected chi connectivity index (χ3v) is 5.32. The van der Waals surface area contributed by atoms with Gasteiger partial charge in [-0.05, 0) is 16.7 Å². The topological polar surface area (TPSA) is 59.7 Å². The van der Waals surface area contributed by atoms with Crippen LogP contribution in [0.15, 0.2) is 60.0 Å². The Morgan fingerprint density at radius 2 is 1.58 bits per heavy atom. The third kappa shape index (κ3) is 4.83. The van der Waals surface area contributed by atoms with E-state index in [4.69, 9.17) is 4.98 Å². The van der Waals surface area contributed by atoms with Gasteiger partial charge in [-0.1, -0.05) is 54.6 Å². The van der Waals surface area contributed by atoms with Crippen LogP contribution in [0.2, 0.25) is 0 Å². The number of benzene rings is 2. The molecule has 1 fully saturated rings. The van der Waals surface area contributed by atoms with Crippen molar-refractivity contribution in [2.45, 2.75) is 6.42 Å². The van der Waals surface area contributed by atoms with E-state index >= 15 is 0 Å². The third-order valence-electron chi connectivity index (χ3n) is 4.37. The molecule has 0 atom stereocenters. The summed E-state index contributed by atoms with van der Waals surface area (Å²) in [5, 5.41) is 6.74. The zero-order valence-corrected chi connectivity index (χ0v) is 16.2. The summed E-state index contributed by atoms with van der Waals surface area (Å²) in [5.74, 6) is 0. The molecule has 1 aliphatic rings. The van der Waals surface area contributed by atoms with Crippen molar-refractivity contribution in [2.75, 3.05) is 31.1 Å². The molecule has 6 heteroatoms. The highest BCUT2D eigenvalue weighted by Gasteiger charge is 2.14. The van der Waals surface area contributed by atoms with Crippen LogP contribution in [0, 0.1) is 0 Å². The number of anilines is 1. The highest BCUT2D eigenvalue weighted by Crippen LogP contribution is 2.24. The molecule has 1 saturated heterocycles. The molecule has 0 spiro atoms. The largest absolute Gasteiger partial charge is 0.412 e. The van der Waals surface area contributed by atoms with Crippen LogP contribution in [0.1, 0.15) is 11.3 Å². The van der Waals surface area contributed by atoms with Crippen LogP contribution in [-0.2, 0) is 6.42 Å². The number of rotatable bonds is 4. The van der Waals surface area contributed by atoms with E-state index in [-0.39, 0.29) is 17.9 Å². The van der Waals surface area contributed by atoms with Crippen LogP contribution in [0.4, 0.5) is 5.13 Å². The molecule has 2 heterocycles. The Balaban J connectivity index is 0.00000121. The molecule has 4 nitrogen and oxygen atoms in total. The monoisotopic (exact) mass is 389 g/mol. The van der Waals surface area contributed by atoms with Crippen molar-refractivity contribution in [1.29, 1.82) is 0 Å². The van der Waals surface area contributed by atoms with Crippen molar-refractivity contribution < 1.29 is 5.48 Å². The lowest BCUT2D eigenvalue weighted by molar-refractivity contribution is 0.588. The van der Waals surface area contributed by atoms with Crippen LogP contribution in [0.25, 0.3) is 11.1 Å². The second-order valence-corrected chi connectivity index (χ2v) is 6.93. The van der Waals surface area contributed by atoms with Crippen molar-refractivity contribution in [3.8, 4) is 11.1 Å². The van der Waals surface area contributed by atoms with Crippen molar-refractivity contribution >= 4 is 28.9 Å². The molecule has 1 aromatic heterocycles. The molecule has 0 aliphatic carbocycles. The van der Waals surface area contributed by atoms with Crippen molar-refractivity contribution in [3.63, 3.8) is 0 Å². The fourth-order valence-electron chi connectivity index (χ4n) is 3.03. The standard InChI is InChI=1S/C20H21N3S.ClH.H2O/c1-2-4-17(5-3-1)18-8-6-16(7-9-18)14-19-15-24-20(22-19)23-12-10-21-11-13-23;;/h1-9,15,21H,10-14H2;1H;1H2. The maximum absolute atomic E-state index is 4.83. The van der Waals surface area contributed by atoms with E-state index in [9.17, 15) is 0 Å². The molecule has 2 aromatic carbocycles. The molecular formula is C20H24ClN3OS. The van der Waals surface area contributed by atoms with E-state index < -0.39 is 0 Å². The molecule has 0 amide bonds. The number of hydrogen-bond acceptors (Lipinski definition) is 4. The average molecular weight is 390 g/mol. The van der Waals surface area contributed by atoms with Crippen molar-refractivity contribution in [2.24, 2.45) is 0 Å². The Morgan fingerprint density at radius 1 is 0.923 bits per heavy atom. The predicted molar refractivity (Wildman–Crippen MR) is 113 cm³/mol. The number of nitrogens with one attached hydrogen (secondary N) is 1. The summed E-state index contributed by atoms with van der Waals surface area (Å²) in [6.45, 7) is 4.21. The number of nitrogens with zero attached hydrogens (tertiary/aromatic N) is 2. The van der Waals surface area contributed by atoms with Crippen LogP contribution < -0.4 is 10.2 Å². The predicted octanol–water partition coefficient (Wildman–Crippen LogP) is 3.41. The van der Waals surface area contributed by atoms with Crippen molar-refractivity contribution in [3.05, 3.63) is 71.2 Å². The fraction of sp³-hybridized carbons (Fsp3) is 0.250. The van der Waals surface area contributed by atoms with Gasteiger partial charge in [-0.25, -0.2) is 4.98 Å². The van der Waals surface area contributed by atoms with Crippen molar-refractivity contribution in [1.82, 2.24) is 10.3 Å². The first-order valence-corrected chi connectivity index (χ1v) is 9.31. The summed E-state index contributed by atoms with van der Waals surface area (Å²) < 4.78 is 0. The first kappa shape index (κ1) is 20.4. The van der Waals surface area contributed by atoms with E-state index in [1.165, 1.54) is 22.4 Å². The van der Waals surface area contributed by atoms with Crippen LogP contribution >= 0.6 is 23.7 Å². The highest BCUT2D eigenvalue weighted by molar-refractivity contribution is 7.13. The van der Waals surface area contributed by atoms with Gasteiger partial charge in [-0.15, -0.1) is 23.7 Å². The van der Waals surface area contributed by atoms with Gasteiger partial charge in [-0.2, -0.15) is 0 Å². The molecule has 3 aromatic rings. The number of piperazine rings is 1. The maximum atomic E-state index is 4.83. The lowest BCUT2D eigenvalue weighted by Gasteiger charge is -2.26. The highest BCUT2D eigenvalue weighted by atomic mass is 35.5. The van der Waals surface area contributed by atoms with Crippen LogP contribution in [0.5, 0.6) is 0 Å². The van der Waals surface area contributed by atoms with E-state index in [0.29, 0.717) is 0 Å². The number of hydrogen-bond donors (Lipinski definition) is 1. The number of thiazole rings is 1. The molecule has 0 radical (unpaired) electrons. The van der Waals surface area contributed by atoms with Gasteiger partial charge in [0.05, 0.1) is 5.69 Å². The normalized spacial score (nSPS) is 13.6. The van der Waals surface area contributed by atoms with Crippen LogP contribution in [0.3, 0.4) is 0 Å². The molecule has 0 saturated carbocycles. The Morgan fingerprint density at radius 3 is 2.27 bits per heavy atom. The first-order valence-electron chi connectivity index (χ1n) is 8.43. The number of halogens is 1. The van der Waals surface area contributed by atoms with Gasteiger partial charge in [-0.3, -0.25) is 0 Å². The Labute approximate surface area is 164 Å². The summed E-state index contributed by atoms with van der Waals surface area (Å²) in [6, 6.07) is 19.3. The van der Waals surface area contributed by atoms with Gasteiger partial charge in [0.25, 0.3) is 0 Å². The lowest BCUT2D eigenvalue weighted by atomic mass is 10.0. The lowest BCUT2D eigenvalue weighted by Crippen LogP contribution is -2.43. The zero-order chi connectivity index (χ0) is 16.2. The molecular weight excluding hydrogens is 366 g/mol. The molecule has 0 unspecified atom stereocenters. The summed E-state index contributed by atoms with van der Waals surface area (Å²) >= 11 is 1.76.